The number of nitrogens with one attached hydrogen (secondary N) is 1. The van der Waals surface area contributed by atoms with Crippen molar-refractivity contribution in [2.45, 2.75) is 83.3 Å². The van der Waals surface area contributed by atoms with Gasteiger partial charge in [0.25, 0.3) is 5.91 Å². The Balaban J connectivity index is 1.60. The van der Waals surface area contributed by atoms with Crippen molar-refractivity contribution in [2.75, 3.05) is 6.61 Å². The number of halogens is 2. The molecule has 0 radical (unpaired) electrons. The second-order valence-electron chi connectivity index (χ2n) is 11.9. The van der Waals surface area contributed by atoms with E-state index in [-0.39, 0.29) is 42.2 Å². The van der Waals surface area contributed by atoms with E-state index in [1.807, 2.05) is 48.5 Å². The first kappa shape index (κ1) is 30.8. The lowest BCUT2D eigenvalue weighted by Crippen LogP contribution is -2.53. The SMILES string of the molecule is CC(C)(C)c1ccc(OCC(=O)N(Cc2ccc(F)cc2)C(Cc2ccccc2)C(=O)NC2CCCCC2)c(Br)c1. The minimum Gasteiger partial charge on any atom is -0.483 e. The van der Waals surface area contributed by atoms with Gasteiger partial charge >= 0.3 is 0 Å². The molecule has 1 unspecified atom stereocenters. The predicted molar refractivity (Wildman–Crippen MR) is 164 cm³/mol. The minimum absolute atomic E-state index is 0.0286. The van der Waals surface area contributed by atoms with E-state index in [0.29, 0.717) is 12.2 Å². The van der Waals surface area contributed by atoms with Gasteiger partial charge in [0.05, 0.1) is 4.47 Å². The van der Waals surface area contributed by atoms with Crippen LogP contribution in [0.5, 0.6) is 5.75 Å². The highest BCUT2D eigenvalue weighted by atomic mass is 79.9. The standard InChI is InChI=1S/C34H40BrFN2O3/c1-34(2,3)26-16-19-31(29(35)21-26)41-23-32(39)38(22-25-14-17-27(36)18-15-25)30(20-24-10-6-4-7-11-24)33(40)37-28-12-8-5-9-13-28/h4,6-7,10-11,14-19,21,28,30H,5,8-9,12-13,20,22-23H2,1-3H3,(H,37,40). The monoisotopic (exact) mass is 622 g/mol. The molecule has 3 aromatic carbocycles. The maximum absolute atomic E-state index is 13.9. The summed E-state index contributed by atoms with van der Waals surface area (Å²) < 4.78 is 20.5. The van der Waals surface area contributed by atoms with Gasteiger partial charge in [-0.15, -0.1) is 0 Å². The van der Waals surface area contributed by atoms with Crippen molar-refractivity contribution in [3.8, 4) is 5.75 Å². The van der Waals surface area contributed by atoms with Crippen molar-refractivity contribution >= 4 is 27.7 Å². The van der Waals surface area contributed by atoms with Gasteiger partial charge in [0.15, 0.2) is 6.61 Å². The number of carbonyl (C=O) groups is 2. The van der Waals surface area contributed by atoms with Crippen molar-refractivity contribution < 1.29 is 18.7 Å². The van der Waals surface area contributed by atoms with E-state index in [1.54, 1.807) is 17.0 Å². The molecule has 0 aliphatic heterocycles. The molecular formula is C34H40BrFN2O3. The molecule has 5 nitrogen and oxygen atoms in total. The number of benzene rings is 3. The van der Waals surface area contributed by atoms with E-state index < -0.39 is 6.04 Å². The van der Waals surface area contributed by atoms with Crippen molar-refractivity contribution in [3.05, 3.63) is 99.8 Å². The van der Waals surface area contributed by atoms with Crippen LogP contribution >= 0.6 is 15.9 Å². The molecule has 0 bridgehead atoms. The molecule has 4 rings (SSSR count). The smallest absolute Gasteiger partial charge is 0.261 e. The number of hydrogen-bond acceptors (Lipinski definition) is 3. The third-order valence-corrected chi connectivity index (χ3v) is 8.26. The number of carbonyl (C=O) groups excluding carboxylic acids is 2. The lowest BCUT2D eigenvalue weighted by Gasteiger charge is -2.33. The fourth-order valence-electron chi connectivity index (χ4n) is 5.19. The van der Waals surface area contributed by atoms with E-state index >= 15 is 0 Å². The van der Waals surface area contributed by atoms with Crippen LogP contribution in [0.4, 0.5) is 4.39 Å². The molecule has 2 amide bonds. The molecule has 3 aromatic rings. The lowest BCUT2D eigenvalue weighted by atomic mass is 9.87. The molecule has 1 fully saturated rings. The van der Waals surface area contributed by atoms with Crippen LogP contribution < -0.4 is 10.1 Å². The molecule has 0 aromatic heterocycles. The zero-order valence-electron chi connectivity index (χ0n) is 24.2. The number of rotatable bonds is 10. The van der Waals surface area contributed by atoms with Gasteiger partial charge in [-0.25, -0.2) is 4.39 Å². The number of ether oxygens (including phenoxy) is 1. The molecule has 1 N–H and O–H groups in total. The van der Waals surface area contributed by atoms with Gasteiger partial charge in [-0.05, 0) is 75.1 Å². The average molecular weight is 624 g/mol. The highest BCUT2D eigenvalue weighted by Gasteiger charge is 2.32. The van der Waals surface area contributed by atoms with Gasteiger partial charge < -0.3 is 15.0 Å². The number of amides is 2. The minimum atomic E-state index is -0.757. The van der Waals surface area contributed by atoms with Crippen molar-refractivity contribution in [1.82, 2.24) is 10.2 Å². The van der Waals surface area contributed by atoms with E-state index in [9.17, 15) is 14.0 Å². The Morgan fingerprint density at radius 1 is 0.976 bits per heavy atom. The summed E-state index contributed by atoms with van der Waals surface area (Å²) in [7, 11) is 0. The summed E-state index contributed by atoms with van der Waals surface area (Å²) in [5.41, 5.74) is 2.80. The average Bonchev–Trinajstić information content (AvgIpc) is 2.95. The normalized spacial score (nSPS) is 14.8. The maximum atomic E-state index is 13.9. The lowest BCUT2D eigenvalue weighted by molar-refractivity contribution is -0.143. The third-order valence-electron chi connectivity index (χ3n) is 7.64. The maximum Gasteiger partial charge on any atom is 0.261 e. The first-order valence-corrected chi connectivity index (χ1v) is 15.2. The van der Waals surface area contributed by atoms with Crippen LogP contribution in [-0.4, -0.2) is 35.4 Å². The topological polar surface area (TPSA) is 58.6 Å². The molecule has 0 saturated heterocycles. The van der Waals surface area contributed by atoms with Gasteiger partial charge in [-0.2, -0.15) is 0 Å². The van der Waals surface area contributed by atoms with Gasteiger partial charge in [0.2, 0.25) is 5.91 Å². The quantitative estimate of drug-likeness (QED) is 0.257. The van der Waals surface area contributed by atoms with Crippen molar-refractivity contribution in [3.63, 3.8) is 0 Å². The van der Waals surface area contributed by atoms with Gasteiger partial charge in [-0.1, -0.05) is 88.6 Å². The zero-order valence-corrected chi connectivity index (χ0v) is 25.8. The predicted octanol–water partition coefficient (Wildman–Crippen LogP) is 7.35. The molecule has 0 heterocycles. The molecule has 1 atom stereocenters. The first-order valence-electron chi connectivity index (χ1n) is 14.4. The second kappa shape index (κ2) is 14.1. The summed E-state index contributed by atoms with van der Waals surface area (Å²) in [4.78, 5) is 29.3. The van der Waals surface area contributed by atoms with E-state index in [0.717, 1.165) is 46.8 Å². The Hall–Kier alpha value is -3.19. The van der Waals surface area contributed by atoms with Gasteiger partial charge in [-0.3, -0.25) is 9.59 Å². The van der Waals surface area contributed by atoms with Crippen LogP contribution in [0.25, 0.3) is 0 Å². The summed E-state index contributed by atoms with van der Waals surface area (Å²) in [5, 5.41) is 3.23. The Labute approximate surface area is 251 Å². The van der Waals surface area contributed by atoms with E-state index in [2.05, 4.69) is 42.0 Å². The number of nitrogens with zero attached hydrogens (tertiary/aromatic N) is 1. The summed E-state index contributed by atoms with van der Waals surface area (Å²) in [6.45, 7) is 6.32. The van der Waals surface area contributed by atoms with E-state index in [4.69, 9.17) is 4.74 Å². The molecule has 0 spiro atoms. The van der Waals surface area contributed by atoms with E-state index in [1.165, 1.54) is 18.6 Å². The van der Waals surface area contributed by atoms with Crippen molar-refractivity contribution in [1.29, 1.82) is 0 Å². The molecule has 1 saturated carbocycles. The highest BCUT2D eigenvalue weighted by molar-refractivity contribution is 9.10. The number of hydrogen-bond donors (Lipinski definition) is 1. The molecule has 1 aliphatic rings. The Morgan fingerprint density at radius 3 is 2.29 bits per heavy atom. The molecule has 1 aliphatic carbocycles. The summed E-state index contributed by atoms with van der Waals surface area (Å²) in [6.07, 6.45) is 5.59. The molecule has 41 heavy (non-hydrogen) atoms. The van der Waals surface area contributed by atoms with Crippen molar-refractivity contribution in [2.24, 2.45) is 0 Å². The first-order chi connectivity index (χ1) is 19.6. The molecule has 218 valence electrons. The summed E-state index contributed by atoms with van der Waals surface area (Å²) in [5.74, 6) is -0.290. The zero-order chi connectivity index (χ0) is 29.4. The fraction of sp³-hybridized carbons (Fsp3) is 0.412. The van der Waals surface area contributed by atoms with Crippen LogP contribution in [0, 0.1) is 5.82 Å². The Kier molecular flexibility index (Phi) is 10.6. The van der Waals surface area contributed by atoms with Crippen LogP contribution in [0.15, 0.2) is 77.3 Å². The fourth-order valence-corrected chi connectivity index (χ4v) is 5.68. The largest absolute Gasteiger partial charge is 0.483 e. The summed E-state index contributed by atoms with van der Waals surface area (Å²) >= 11 is 3.59. The Bertz CT molecular complexity index is 1300. The van der Waals surface area contributed by atoms with Gasteiger partial charge in [0.1, 0.15) is 17.6 Å². The second-order valence-corrected chi connectivity index (χ2v) is 12.7. The highest BCUT2D eigenvalue weighted by Crippen LogP contribution is 2.31. The van der Waals surface area contributed by atoms with Crippen LogP contribution in [-0.2, 0) is 28.0 Å². The van der Waals surface area contributed by atoms with Crippen LogP contribution in [0.1, 0.15) is 69.6 Å². The Morgan fingerprint density at radius 2 is 1.66 bits per heavy atom. The van der Waals surface area contributed by atoms with Crippen LogP contribution in [0.2, 0.25) is 0 Å². The molecular weight excluding hydrogens is 583 g/mol. The van der Waals surface area contributed by atoms with Crippen LogP contribution in [0.3, 0.4) is 0 Å². The third kappa shape index (κ3) is 8.90. The molecule has 7 heteroatoms. The van der Waals surface area contributed by atoms with Gasteiger partial charge in [0, 0.05) is 19.0 Å². The summed E-state index contributed by atoms with van der Waals surface area (Å²) in [6, 6.07) is 21.0.